The van der Waals surface area contributed by atoms with E-state index in [0.29, 0.717) is 36.3 Å². The van der Waals surface area contributed by atoms with Gasteiger partial charge in [-0.25, -0.2) is 24.3 Å². The Labute approximate surface area is 200 Å². The Kier molecular flexibility index (Phi) is 7.09. The third kappa shape index (κ3) is 5.47. The van der Waals surface area contributed by atoms with E-state index in [2.05, 4.69) is 19.9 Å². The summed E-state index contributed by atoms with van der Waals surface area (Å²) < 4.78 is 52.8. The van der Waals surface area contributed by atoms with Crippen LogP contribution in [0.25, 0.3) is 11.4 Å². The third-order valence-electron chi connectivity index (χ3n) is 6.39. The van der Waals surface area contributed by atoms with Crippen LogP contribution >= 0.6 is 0 Å². The number of alkyl halides is 3. The molecule has 0 bridgehead atoms. The lowest BCUT2D eigenvalue weighted by molar-refractivity contribution is -0.138. The maximum Gasteiger partial charge on any atom is 0.419 e. The largest absolute Gasteiger partial charge is 0.419 e. The van der Waals surface area contributed by atoms with Crippen LogP contribution in [0.5, 0.6) is 0 Å². The minimum absolute atomic E-state index is 0.147. The van der Waals surface area contributed by atoms with Crippen LogP contribution in [-0.4, -0.2) is 43.3 Å². The molecule has 184 valence electrons. The first-order valence-corrected chi connectivity index (χ1v) is 11.4. The Morgan fingerprint density at radius 2 is 1.80 bits per heavy atom. The molecule has 3 heterocycles. The minimum Gasteiger partial charge on any atom is -0.335 e. The Bertz CT molecular complexity index is 1180. The van der Waals surface area contributed by atoms with Crippen LogP contribution in [0, 0.1) is 18.7 Å². The lowest BCUT2D eigenvalue weighted by Crippen LogP contribution is -2.48. The van der Waals surface area contributed by atoms with Crippen molar-refractivity contribution in [2.45, 2.75) is 51.7 Å². The van der Waals surface area contributed by atoms with Crippen LogP contribution in [0.4, 0.5) is 17.6 Å². The molecule has 0 unspecified atom stereocenters. The van der Waals surface area contributed by atoms with Gasteiger partial charge in [-0.1, -0.05) is 6.92 Å². The fraction of sp³-hybridized carbons (Fsp3) is 0.400. The fourth-order valence-corrected chi connectivity index (χ4v) is 4.64. The second kappa shape index (κ2) is 10.1. The number of piperidine rings is 1. The molecule has 0 N–H and O–H groups in total. The van der Waals surface area contributed by atoms with Crippen molar-refractivity contribution in [2.75, 3.05) is 6.54 Å². The van der Waals surface area contributed by atoms with Gasteiger partial charge in [0.15, 0.2) is 5.82 Å². The van der Waals surface area contributed by atoms with Gasteiger partial charge in [-0.05, 0) is 55.9 Å². The second-order valence-corrected chi connectivity index (χ2v) is 8.83. The van der Waals surface area contributed by atoms with Crippen molar-refractivity contribution in [2.24, 2.45) is 5.92 Å². The highest BCUT2D eigenvalue weighted by molar-refractivity contribution is 6.01. The summed E-state index contributed by atoms with van der Waals surface area (Å²) in [7, 11) is 0. The van der Waals surface area contributed by atoms with Gasteiger partial charge in [-0.15, -0.1) is 0 Å². The van der Waals surface area contributed by atoms with E-state index in [9.17, 15) is 22.4 Å². The highest BCUT2D eigenvalue weighted by Gasteiger charge is 2.35. The smallest absolute Gasteiger partial charge is 0.335 e. The maximum absolute atomic E-state index is 14.4. The highest BCUT2D eigenvalue weighted by atomic mass is 19.4. The number of hydrogen-bond donors (Lipinski definition) is 0. The van der Waals surface area contributed by atoms with Crippen LogP contribution in [-0.2, 0) is 12.6 Å². The van der Waals surface area contributed by atoms with Crippen molar-refractivity contribution in [3.8, 4) is 11.4 Å². The number of rotatable bonds is 5. The zero-order valence-electron chi connectivity index (χ0n) is 19.4. The summed E-state index contributed by atoms with van der Waals surface area (Å²) >= 11 is 0. The highest BCUT2D eigenvalue weighted by Crippen LogP contribution is 2.32. The average molecular weight is 488 g/mol. The van der Waals surface area contributed by atoms with E-state index in [4.69, 9.17) is 0 Å². The molecule has 0 aliphatic carbocycles. The summed E-state index contributed by atoms with van der Waals surface area (Å²) in [4.78, 5) is 31.7. The molecule has 2 atom stereocenters. The van der Waals surface area contributed by atoms with E-state index in [1.165, 1.54) is 12.1 Å². The minimum atomic E-state index is -4.50. The molecule has 10 heteroatoms. The molecule has 0 saturated carbocycles. The van der Waals surface area contributed by atoms with Crippen molar-refractivity contribution in [1.82, 2.24) is 24.8 Å². The molecule has 4 rings (SSSR count). The van der Waals surface area contributed by atoms with E-state index < -0.39 is 17.6 Å². The Hall–Kier alpha value is -3.43. The lowest BCUT2D eigenvalue weighted by Gasteiger charge is -2.40. The molecule has 6 nitrogen and oxygen atoms in total. The van der Waals surface area contributed by atoms with Gasteiger partial charge in [0.05, 0.1) is 11.1 Å². The van der Waals surface area contributed by atoms with E-state index in [0.717, 1.165) is 25.2 Å². The zero-order chi connectivity index (χ0) is 25.2. The predicted molar refractivity (Wildman–Crippen MR) is 121 cm³/mol. The van der Waals surface area contributed by atoms with Crippen LogP contribution < -0.4 is 0 Å². The molecule has 35 heavy (non-hydrogen) atoms. The molecule has 2 aromatic heterocycles. The van der Waals surface area contributed by atoms with Gasteiger partial charge in [0.25, 0.3) is 5.91 Å². The number of benzene rings is 1. The molecule has 1 aliphatic rings. The summed E-state index contributed by atoms with van der Waals surface area (Å²) in [6.07, 6.45) is 2.67. The monoisotopic (exact) mass is 487 g/mol. The first-order valence-electron chi connectivity index (χ1n) is 11.4. The molecular formula is C25H25F4N5O. The summed E-state index contributed by atoms with van der Waals surface area (Å²) in [5.74, 6) is -0.0743. The van der Waals surface area contributed by atoms with Crippen LogP contribution in [0.15, 0.2) is 43.0 Å². The SMILES string of the molecule is Cc1cc(F)cc(C(=O)N2CCC[C@@H](C)[C@H]2CCc2ncc(C(F)(F)F)cn2)c1-c1ncccn1. The van der Waals surface area contributed by atoms with E-state index in [1.807, 2.05) is 6.92 Å². The maximum atomic E-state index is 14.4. The lowest BCUT2D eigenvalue weighted by atomic mass is 9.86. The standard InChI is InChI=1S/C25H25F4N5O/c1-15-5-3-10-34(20(15)6-7-21-32-13-17(14-33-21)25(27,28)29)24(35)19-12-18(26)11-16(2)22(19)23-30-8-4-9-31-23/h4,8-9,11-15,20H,3,5-7,10H2,1-2H3/t15-,20-/m1/s1. The van der Waals surface area contributed by atoms with Crippen molar-refractivity contribution in [3.05, 3.63) is 71.3 Å². The topological polar surface area (TPSA) is 71.9 Å². The second-order valence-electron chi connectivity index (χ2n) is 8.83. The molecular weight excluding hydrogens is 462 g/mol. The van der Waals surface area contributed by atoms with Gasteiger partial charge in [0.1, 0.15) is 11.6 Å². The quantitative estimate of drug-likeness (QED) is 0.459. The number of carbonyl (C=O) groups is 1. The van der Waals surface area contributed by atoms with Gasteiger partial charge in [0, 0.05) is 49.4 Å². The first-order chi connectivity index (χ1) is 16.6. The average Bonchev–Trinajstić information content (AvgIpc) is 2.82. The summed E-state index contributed by atoms with van der Waals surface area (Å²) in [5.41, 5.74) is 0.333. The summed E-state index contributed by atoms with van der Waals surface area (Å²) in [5, 5.41) is 0. The molecule has 1 aliphatic heterocycles. The molecule has 0 spiro atoms. The summed E-state index contributed by atoms with van der Waals surface area (Å²) in [6, 6.07) is 4.03. The zero-order valence-corrected chi connectivity index (χ0v) is 19.4. The van der Waals surface area contributed by atoms with Gasteiger partial charge in [-0.3, -0.25) is 4.79 Å². The van der Waals surface area contributed by atoms with Crippen molar-refractivity contribution < 1.29 is 22.4 Å². The van der Waals surface area contributed by atoms with Crippen molar-refractivity contribution in [1.29, 1.82) is 0 Å². The number of halogens is 4. The Morgan fingerprint density at radius 3 is 2.46 bits per heavy atom. The third-order valence-corrected chi connectivity index (χ3v) is 6.39. The molecule has 1 aromatic carbocycles. The number of aromatic nitrogens is 4. The number of hydrogen-bond acceptors (Lipinski definition) is 5. The van der Waals surface area contributed by atoms with Gasteiger partial charge in [0.2, 0.25) is 0 Å². The van der Waals surface area contributed by atoms with Crippen LogP contribution in [0.2, 0.25) is 0 Å². The van der Waals surface area contributed by atoms with Gasteiger partial charge >= 0.3 is 6.18 Å². The van der Waals surface area contributed by atoms with Gasteiger partial charge in [-0.2, -0.15) is 13.2 Å². The molecule has 0 radical (unpaired) electrons. The van der Waals surface area contributed by atoms with E-state index in [1.54, 1.807) is 30.3 Å². The number of carbonyl (C=O) groups excluding carboxylic acids is 1. The number of amides is 1. The van der Waals surface area contributed by atoms with Crippen molar-refractivity contribution in [3.63, 3.8) is 0 Å². The first kappa shape index (κ1) is 24.7. The fourth-order valence-electron chi connectivity index (χ4n) is 4.64. The Morgan fingerprint density at radius 1 is 1.11 bits per heavy atom. The predicted octanol–water partition coefficient (Wildman–Crippen LogP) is 5.27. The molecule has 1 saturated heterocycles. The van der Waals surface area contributed by atoms with E-state index in [-0.39, 0.29) is 29.3 Å². The molecule has 3 aromatic rings. The number of aryl methyl sites for hydroxylation is 2. The number of nitrogens with zero attached hydrogens (tertiary/aromatic N) is 5. The molecule has 1 fully saturated rings. The van der Waals surface area contributed by atoms with E-state index >= 15 is 0 Å². The Balaban J connectivity index is 1.60. The van der Waals surface area contributed by atoms with Crippen LogP contribution in [0.1, 0.15) is 53.5 Å². The van der Waals surface area contributed by atoms with Crippen LogP contribution in [0.3, 0.4) is 0 Å². The van der Waals surface area contributed by atoms with Gasteiger partial charge < -0.3 is 4.90 Å². The normalized spacial score (nSPS) is 18.5. The summed E-state index contributed by atoms with van der Waals surface area (Å²) in [6.45, 7) is 4.24. The molecule has 1 amide bonds. The van der Waals surface area contributed by atoms with Crippen molar-refractivity contribution >= 4 is 5.91 Å². The number of likely N-dealkylation sites (tertiary alicyclic amines) is 1.